The highest BCUT2D eigenvalue weighted by atomic mass is 35.5. The van der Waals surface area contributed by atoms with Crippen LogP contribution in [-0.4, -0.2) is 6.54 Å². The SMILES string of the molecule is Cc1ccc(C2(C(C)C)CCCN2)cc1Cl. The van der Waals surface area contributed by atoms with Crippen molar-refractivity contribution < 1.29 is 0 Å². The summed E-state index contributed by atoms with van der Waals surface area (Å²) in [4.78, 5) is 0. The summed E-state index contributed by atoms with van der Waals surface area (Å²) in [6.07, 6.45) is 2.47. The van der Waals surface area contributed by atoms with Gasteiger partial charge in [-0.1, -0.05) is 37.6 Å². The van der Waals surface area contributed by atoms with Gasteiger partial charge < -0.3 is 5.32 Å². The molecule has 0 aromatic heterocycles. The smallest absolute Gasteiger partial charge is 0.0458 e. The zero-order chi connectivity index (χ0) is 11.8. The number of hydrogen-bond donors (Lipinski definition) is 1. The lowest BCUT2D eigenvalue weighted by atomic mass is 9.78. The molecule has 1 aromatic rings. The van der Waals surface area contributed by atoms with Crippen molar-refractivity contribution >= 4 is 11.6 Å². The van der Waals surface area contributed by atoms with Crippen LogP contribution in [0.25, 0.3) is 0 Å². The Kier molecular flexibility index (Phi) is 3.27. The second kappa shape index (κ2) is 4.38. The Morgan fingerprint density at radius 1 is 1.38 bits per heavy atom. The monoisotopic (exact) mass is 237 g/mol. The van der Waals surface area contributed by atoms with E-state index in [0.717, 1.165) is 17.1 Å². The van der Waals surface area contributed by atoms with Crippen LogP contribution in [0.5, 0.6) is 0 Å². The van der Waals surface area contributed by atoms with E-state index in [1.165, 1.54) is 18.4 Å². The van der Waals surface area contributed by atoms with Crippen molar-refractivity contribution in [3.63, 3.8) is 0 Å². The molecule has 1 aliphatic rings. The number of nitrogens with one attached hydrogen (secondary N) is 1. The lowest BCUT2D eigenvalue weighted by Crippen LogP contribution is -2.41. The number of rotatable bonds is 2. The van der Waals surface area contributed by atoms with Gasteiger partial charge in [-0.3, -0.25) is 0 Å². The van der Waals surface area contributed by atoms with Crippen molar-refractivity contribution in [2.24, 2.45) is 5.92 Å². The van der Waals surface area contributed by atoms with E-state index >= 15 is 0 Å². The maximum Gasteiger partial charge on any atom is 0.0458 e. The molecule has 1 nitrogen and oxygen atoms in total. The highest BCUT2D eigenvalue weighted by Crippen LogP contribution is 2.38. The van der Waals surface area contributed by atoms with Crippen LogP contribution < -0.4 is 5.32 Å². The average molecular weight is 238 g/mol. The molecule has 16 heavy (non-hydrogen) atoms. The fourth-order valence-corrected chi connectivity index (χ4v) is 2.89. The summed E-state index contributed by atoms with van der Waals surface area (Å²) in [5.41, 5.74) is 2.63. The van der Waals surface area contributed by atoms with Gasteiger partial charge in [-0.05, 0) is 49.4 Å². The van der Waals surface area contributed by atoms with Crippen LogP contribution >= 0.6 is 11.6 Å². The third-order valence-electron chi connectivity index (χ3n) is 3.86. The van der Waals surface area contributed by atoms with E-state index in [1.807, 2.05) is 0 Å². The van der Waals surface area contributed by atoms with Gasteiger partial charge in [0.15, 0.2) is 0 Å². The van der Waals surface area contributed by atoms with Crippen LogP contribution in [0.3, 0.4) is 0 Å². The van der Waals surface area contributed by atoms with Crippen LogP contribution in [0.1, 0.15) is 37.8 Å². The second-order valence-corrected chi connectivity index (χ2v) is 5.53. The molecule has 0 spiro atoms. The van der Waals surface area contributed by atoms with Crippen LogP contribution in [-0.2, 0) is 5.54 Å². The van der Waals surface area contributed by atoms with Gasteiger partial charge in [0.05, 0.1) is 0 Å². The topological polar surface area (TPSA) is 12.0 Å². The molecule has 0 radical (unpaired) electrons. The Bertz CT molecular complexity index is 378. The molecule has 0 amide bonds. The minimum atomic E-state index is 0.136. The van der Waals surface area contributed by atoms with Crippen molar-refractivity contribution in [3.8, 4) is 0 Å². The van der Waals surface area contributed by atoms with Gasteiger partial charge in [-0.25, -0.2) is 0 Å². The van der Waals surface area contributed by atoms with Crippen LogP contribution in [0.2, 0.25) is 5.02 Å². The summed E-state index contributed by atoms with van der Waals surface area (Å²) in [6, 6.07) is 6.48. The van der Waals surface area contributed by atoms with Crippen LogP contribution in [0, 0.1) is 12.8 Å². The maximum absolute atomic E-state index is 6.23. The minimum Gasteiger partial charge on any atom is -0.307 e. The summed E-state index contributed by atoms with van der Waals surface area (Å²) >= 11 is 6.23. The maximum atomic E-state index is 6.23. The molecule has 0 saturated carbocycles. The van der Waals surface area contributed by atoms with Crippen LogP contribution in [0.4, 0.5) is 0 Å². The van der Waals surface area contributed by atoms with Crippen molar-refractivity contribution in [2.75, 3.05) is 6.54 Å². The van der Waals surface area contributed by atoms with E-state index in [4.69, 9.17) is 11.6 Å². The zero-order valence-electron chi connectivity index (χ0n) is 10.3. The molecule has 1 aromatic carbocycles. The lowest BCUT2D eigenvalue weighted by molar-refractivity contribution is 0.277. The molecular formula is C14H20ClN. The molecule has 1 heterocycles. The molecule has 1 N–H and O–H groups in total. The number of hydrogen-bond acceptors (Lipinski definition) is 1. The van der Waals surface area contributed by atoms with E-state index in [9.17, 15) is 0 Å². The first-order chi connectivity index (χ1) is 7.56. The molecule has 0 bridgehead atoms. The van der Waals surface area contributed by atoms with Crippen molar-refractivity contribution in [2.45, 2.75) is 39.2 Å². The molecule has 1 saturated heterocycles. The number of halogens is 1. The predicted molar refractivity (Wildman–Crippen MR) is 69.9 cm³/mol. The highest BCUT2D eigenvalue weighted by molar-refractivity contribution is 6.31. The summed E-state index contributed by atoms with van der Waals surface area (Å²) in [5.74, 6) is 0.591. The zero-order valence-corrected chi connectivity index (χ0v) is 11.1. The molecule has 1 fully saturated rings. The van der Waals surface area contributed by atoms with Crippen LogP contribution in [0.15, 0.2) is 18.2 Å². The number of benzene rings is 1. The first-order valence-corrected chi connectivity index (χ1v) is 6.46. The van der Waals surface area contributed by atoms with E-state index < -0.39 is 0 Å². The fourth-order valence-electron chi connectivity index (χ4n) is 2.71. The predicted octanol–water partition coefficient (Wildman–Crippen LogP) is 3.88. The third kappa shape index (κ3) is 1.87. The van der Waals surface area contributed by atoms with Gasteiger partial charge in [-0.15, -0.1) is 0 Å². The minimum absolute atomic E-state index is 0.136. The van der Waals surface area contributed by atoms with Gasteiger partial charge in [0.1, 0.15) is 0 Å². The molecular weight excluding hydrogens is 218 g/mol. The van der Waals surface area contributed by atoms with E-state index in [1.54, 1.807) is 0 Å². The quantitative estimate of drug-likeness (QED) is 0.823. The molecule has 1 unspecified atom stereocenters. The first kappa shape index (κ1) is 11.9. The van der Waals surface area contributed by atoms with Crippen molar-refractivity contribution in [1.29, 1.82) is 0 Å². The standard InChI is InChI=1S/C14H20ClN/c1-10(2)14(7-4-8-16-14)12-6-5-11(3)13(15)9-12/h5-6,9-10,16H,4,7-8H2,1-3H3. The highest BCUT2D eigenvalue weighted by Gasteiger charge is 2.38. The lowest BCUT2D eigenvalue weighted by Gasteiger charge is -2.35. The van der Waals surface area contributed by atoms with Gasteiger partial charge >= 0.3 is 0 Å². The van der Waals surface area contributed by atoms with E-state index in [0.29, 0.717) is 5.92 Å². The molecule has 1 atom stereocenters. The Balaban J connectivity index is 2.43. The Hall–Kier alpha value is -0.530. The molecule has 2 rings (SSSR count). The number of aryl methyl sites for hydroxylation is 1. The molecule has 1 aliphatic heterocycles. The molecule has 0 aliphatic carbocycles. The fraction of sp³-hybridized carbons (Fsp3) is 0.571. The molecule has 2 heteroatoms. The van der Waals surface area contributed by atoms with Gasteiger partial charge in [-0.2, -0.15) is 0 Å². The van der Waals surface area contributed by atoms with Gasteiger partial charge in [0.25, 0.3) is 0 Å². The average Bonchev–Trinajstić information content (AvgIpc) is 2.72. The Labute approximate surface area is 103 Å². The Morgan fingerprint density at radius 3 is 2.62 bits per heavy atom. The van der Waals surface area contributed by atoms with Gasteiger partial charge in [0.2, 0.25) is 0 Å². The first-order valence-electron chi connectivity index (χ1n) is 6.08. The second-order valence-electron chi connectivity index (χ2n) is 5.12. The normalized spacial score (nSPS) is 25.3. The third-order valence-corrected chi connectivity index (χ3v) is 4.27. The summed E-state index contributed by atoms with van der Waals surface area (Å²) in [7, 11) is 0. The molecule has 88 valence electrons. The van der Waals surface area contributed by atoms with Crippen molar-refractivity contribution in [1.82, 2.24) is 5.32 Å². The van der Waals surface area contributed by atoms with Gasteiger partial charge in [0, 0.05) is 10.6 Å². The summed E-state index contributed by atoms with van der Waals surface area (Å²) in [6.45, 7) is 7.73. The summed E-state index contributed by atoms with van der Waals surface area (Å²) in [5, 5.41) is 4.55. The summed E-state index contributed by atoms with van der Waals surface area (Å²) < 4.78 is 0. The van der Waals surface area contributed by atoms with Crippen molar-refractivity contribution in [3.05, 3.63) is 34.3 Å². The van der Waals surface area contributed by atoms with E-state index in [-0.39, 0.29) is 5.54 Å². The van der Waals surface area contributed by atoms with E-state index in [2.05, 4.69) is 44.3 Å². The largest absolute Gasteiger partial charge is 0.307 e. The Morgan fingerprint density at radius 2 is 2.12 bits per heavy atom.